The largest absolute Gasteiger partial charge is 0.339 e. The summed E-state index contributed by atoms with van der Waals surface area (Å²) in [6.07, 6.45) is 4.72. The molecule has 0 aromatic rings. The minimum Gasteiger partial charge on any atom is -0.339 e. The van der Waals surface area contributed by atoms with Crippen LogP contribution in [0.3, 0.4) is 0 Å². The van der Waals surface area contributed by atoms with Crippen LogP contribution in [0.5, 0.6) is 0 Å². The molecule has 21 heavy (non-hydrogen) atoms. The van der Waals surface area contributed by atoms with Crippen LogP contribution in [0, 0.1) is 5.92 Å². The molecule has 0 saturated carbocycles. The van der Waals surface area contributed by atoms with Gasteiger partial charge in [-0.1, -0.05) is 0 Å². The zero-order valence-electron chi connectivity index (χ0n) is 13.1. The van der Waals surface area contributed by atoms with Gasteiger partial charge >= 0.3 is 0 Å². The van der Waals surface area contributed by atoms with Crippen LogP contribution in [0.15, 0.2) is 0 Å². The van der Waals surface area contributed by atoms with Crippen molar-refractivity contribution in [2.45, 2.75) is 44.4 Å². The molecule has 2 atom stereocenters. The van der Waals surface area contributed by atoms with Gasteiger partial charge in [0.15, 0.2) is 0 Å². The minimum absolute atomic E-state index is 0.206. The standard InChI is InChI=1S/C14H26N2O3S2/c1-11(2)21(18,19)15-8-6-13-12(9-15)5-4-7-16(13)14(17)10-20-3/h11-13H,4-10H2,1-3H3/t12-,13-/m1/s1. The van der Waals surface area contributed by atoms with Crippen LogP contribution >= 0.6 is 11.8 Å². The van der Waals surface area contributed by atoms with Gasteiger partial charge in [0.05, 0.1) is 11.0 Å². The predicted octanol–water partition coefficient (Wildman–Crippen LogP) is 1.40. The second-order valence-electron chi connectivity index (χ2n) is 6.23. The Morgan fingerprint density at radius 1 is 1.29 bits per heavy atom. The third-order valence-electron chi connectivity index (χ3n) is 4.57. The summed E-state index contributed by atoms with van der Waals surface area (Å²) >= 11 is 1.55. The first-order chi connectivity index (χ1) is 9.87. The third-order valence-corrected chi connectivity index (χ3v) is 7.35. The zero-order chi connectivity index (χ0) is 15.6. The number of amides is 1. The molecule has 2 aliphatic heterocycles. The van der Waals surface area contributed by atoms with Gasteiger partial charge in [0.1, 0.15) is 0 Å². The molecule has 2 rings (SSSR count). The van der Waals surface area contributed by atoms with Gasteiger partial charge in [-0.05, 0) is 45.3 Å². The molecular formula is C14H26N2O3S2. The summed E-state index contributed by atoms with van der Waals surface area (Å²) in [7, 11) is -3.17. The fraction of sp³-hybridized carbons (Fsp3) is 0.929. The number of sulfonamides is 1. The molecule has 0 spiro atoms. The first-order valence-corrected chi connectivity index (χ1v) is 10.5. The third kappa shape index (κ3) is 3.56. The predicted molar refractivity (Wildman–Crippen MR) is 86.9 cm³/mol. The van der Waals surface area contributed by atoms with Crippen LogP contribution < -0.4 is 0 Å². The molecule has 5 nitrogen and oxygen atoms in total. The van der Waals surface area contributed by atoms with Gasteiger partial charge in [0, 0.05) is 25.7 Å². The van der Waals surface area contributed by atoms with Crippen LogP contribution in [0.2, 0.25) is 0 Å². The molecule has 0 radical (unpaired) electrons. The highest BCUT2D eigenvalue weighted by atomic mass is 32.2. The van der Waals surface area contributed by atoms with Crippen molar-refractivity contribution in [1.29, 1.82) is 0 Å². The number of carbonyl (C=O) groups excluding carboxylic acids is 1. The maximum absolute atomic E-state index is 12.3. The molecule has 0 N–H and O–H groups in total. The van der Waals surface area contributed by atoms with Gasteiger partial charge in [-0.25, -0.2) is 12.7 Å². The van der Waals surface area contributed by atoms with E-state index < -0.39 is 10.0 Å². The first kappa shape index (κ1) is 17.1. The van der Waals surface area contributed by atoms with Crippen molar-refractivity contribution in [3.8, 4) is 0 Å². The van der Waals surface area contributed by atoms with E-state index in [9.17, 15) is 13.2 Å². The average molecular weight is 335 g/mol. The summed E-state index contributed by atoms with van der Waals surface area (Å²) in [5.74, 6) is 1.03. The van der Waals surface area contributed by atoms with Crippen molar-refractivity contribution in [3.05, 3.63) is 0 Å². The van der Waals surface area contributed by atoms with Gasteiger partial charge in [0.2, 0.25) is 15.9 Å². The number of hydrogen-bond donors (Lipinski definition) is 0. The average Bonchev–Trinajstić information content (AvgIpc) is 2.46. The normalized spacial score (nSPS) is 27.7. The topological polar surface area (TPSA) is 57.7 Å². The monoisotopic (exact) mass is 334 g/mol. The van der Waals surface area contributed by atoms with Gasteiger partial charge in [-0.2, -0.15) is 11.8 Å². The van der Waals surface area contributed by atoms with Crippen LogP contribution in [-0.4, -0.2) is 66.5 Å². The first-order valence-electron chi connectivity index (χ1n) is 7.65. The molecular weight excluding hydrogens is 308 g/mol. The van der Waals surface area contributed by atoms with E-state index in [4.69, 9.17) is 0 Å². The highest BCUT2D eigenvalue weighted by Crippen LogP contribution is 2.32. The smallest absolute Gasteiger partial charge is 0.232 e. The van der Waals surface area contributed by atoms with Crippen molar-refractivity contribution in [3.63, 3.8) is 0 Å². The summed E-state index contributed by atoms with van der Waals surface area (Å²) in [6.45, 7) is 5.42. The second kappa shape index (κ2) is 6.87. The summed E-state index contributed by atoms with van der Waals surface area (Å²) in [4.78, 5) is 14.2. The van der Waals surface area contributed by atoms with E-state index in [1.54, 1.807) is 29.9 Å². The van der Waals surface area contributed by atoms with Crippen molar-refractivity contribution in [2.24, 2.45) is 5.92 Å². The lowest BCUT2D eigenvalue weighted by atomic mass is 9.84. The van der Waals surface area contributed by atoms with Crippen LogP contribution in [0.25, 0.3) is 0 Å². The Morgan fingerprint density at radius 2 is 2.00 bits per heavy atom. The van der Waals surface area contributed by atoms with Crippen molar-refractivity contribution in [2.75, 3.05) is 31.6 Å². The van der Waals surface area contributed by atoms with Gasteiger partial charge < -0.3 is 4.90 Å². The van der Waals surface area contributed by atoms with Crippen molar-refractivity contribution in [1.82, 2.24) is 9.21 Å². The fourth-order valence-electron chi connectivity index (χ4n) is 3.42. The summed E-state index contributed by atoms with van der Waals surface area (Å²) in [5.41, 5.74) is 0. The number of piperidine rings is 2. The molecule has 0 aromatic heterocycles. The molecule has 7 heteroatoms. The highest BCUT2D eigenvalue weighted by Gasteiger charge is 2.41. The number of hydrogen-bond acceptors (Lipinski definition) is 4. The number of nitrogens with zero attached hydrogens (tertiary/aromatic N) is 2. The molecule has 0 aromatic carbocycles. The quantitative estimate of drug-likeness (QED) is 0.780. The lowest BCUT2D eigenvalue weighted by Gasteiger charge is -2.47. The number of thioether (sulfide) groups is 1. The number of rotatable bonds is 4. The van der Waals surface area contributed by atoms with E-state index >= 15 is 0 Å². The van der Waals surface area contributed by atoms with Gasteiger partial charge in [-0.15, -0.1) is 0 Å². The molecule has 2 fully saturated rings. The van der Waals surface area contributed by atoms with Crippen molar-refractivity contribution < 1.29 is 13.2 Å². The lowest BCUT2D eigenvalue weighted by molar-refractivity contribution is -0.134. The van der Waals surface area contributed by atoms with E-state index in [-0.39, 0.29) is 17.2 Å². The SMILES string of the molecule is CSCC(=O)N1CCC[C@@H]2CN(S(=O)(=O)C(C)C)CC[C@H]21. The molecule has 2 aliphatic rings. The van der Waals surface area contributed by atoms with Crippen LogP contribution in [0.1, 0.15) is 33.1 Å². The maximum atomic E-state index is 12.3. The van der Waals surface area contributed by atoms with Crippen LogP contribution in [0.4, 0.5) is 0 Å². The Kier molecular flexibility index (Phi) is 5.59. The van der Waals surface area contributed by atoms with Gasteiger partial charge in [0.25, 0.3) is 0 Å². The minimum atomic E-state index is -3.17. The maximum Gasteiger partial charge on any atom is 0.232 e. The fourth-order valence-corrected chi connectivity index (χ4v) is 5.18. The summed E-state index contributed by atoms with van der Waals surface area (Å²) < 4.78 is 26.3. The van der Waals surface area contributed by atoms with E-state index in [1.807, 2.05) is 11.2 Å². The Morgan fingerprint density at radius 3 is 2.62 bits per heavy atom. The van der Waals surface area contributed by atoms with Gasteiger partial charge in [-0.3, -0.25) is 4.79 Å². The Balaban J connectivity index is 2.07. The number of fused-ring (bicyclic) bond motifs is 1. The Labute approximate surface area is 132 Å². The van der Waals surface area contributed by atoms with Crippen LogP contribution in [-0.2, 0) is 14.8 Å². The zero-order valence-corrected chi connectivity index (χ0v) is 14.8. The number of likely N-dealkylation sites (tertiary alicyclic amines) is 1. The van der Waals surface area contributed by atoms with E-state index in [1.165, 1.54) is 0 Å². The molecule has 1 amide bonds. The molecule has 0 bridgehead atoms. The second-order valence-corrected chi connectivity index (χ2v) is 9.59. The lowest BCUT2D eigenvalue weighted by Crippen LogP contribution is -2.57. The summed E-state index contributed by atoms with van der Waals surface area (Å²) in [6, 6.07) is 0.233. The van der Waals surface area contributed by atoms with E-state index in [0.29, 0.717) is 24.8 Å². The molecule has 122 valence electrons. The number of carbonyl (C=O) groups is 1. The Bertz CT molecular complexity index is 479. The molecule has 2 saturated heterocycles. The van der Waals surface area contributed by atoms with E-state index in [0.717, 1.165) is 25.8 Å². The highest BCUT2D eigenvalue weighted by molar-refractivity contribution is 7.99. The Hall–Kier alpha value is -0.270. The van der Waals surface area contributed by atoms with E-state index in [2.05, 4.69) is 0 Å². The molecule has 0 aliphatic carbocycles. The van der Waals surface area contributed by atoms with Crippen molar-refractivity contribution >= 4 is 27.7 Å². The molecule has 0 unspecified atom stereocenters. The molecule has 2 heterocycles. The summed E-state index contributed by atoms with van der Waals surface area (Å²) in [5, 5.41) is -0.369.